The number of esters is 1. The van der Waals surface area contributed by atoms with Crippen molar-refractivity contribution in [2.75, 3.05) is 18.5 Å². The van der Waals surface area contributed by atoms with Crippen molar-refractivity contribution >= 4 is 40.0 Å². The van der Waals surface area contributed by atoms with E-state index in [1.165, 1.54) is 29.5 Å². The second-order valence-electron chi connectivity index (χ2n) is 7.47. The lowest BCUT2D eigenvalue weighted by molar-refractivity contribution is -0.384. The lowest BCUT2D eigenvalue weighted by atomic mass is 10.0. The van der Waals surface area contributed by atoms with Gasteiger partial charge in [0.2, 0.25) is 5.91 Å². The van der Waals surface area contributed by atoms with Crippen LogP contribution in [0.25, 0.3) is 17.2 Å². The summed E-state index contributed by atoms with van der Waals surface area (Å²) in [5, 5.41) is 14.1. The Morgan fingerprint density at radius 1 is 1.11 bits per heavy atom. The smallest absolute Gasteiger partial charge is 0.341 e. The molecule has 1 aromatic heterocycles. The third-order valence-corrected chi connectivity index (χ3v) is 5.98. The van der Waals surface area contributed by atoms with E-state index in [4.69, 9.17) is 9.47 Å². The van der Waals surface area contributed by atoms with Gasteiger partial charge in [0, 0.05) is 34.2 Å². The van der Waals surface area contributed by atoms with Crippen molar-refractivity contribution in [2.24, 2.45) is 0 Å². The molecule has 9 heteroatoms. The van der Waals surface area contributed by atoms with E-state index in [0.717, 1.165) is 16.9 Å². The summed E-state index contributed by atoms with van der Waals surface area (Å²) in [6.45, 7) is 6.26. The van der Waals surface area contributed by atoms with E-state index >= 15 is 0 Å². The zero-order valence-electron chi connectivity index (χ0n) is 19.7. The number of rotatable bonds is 10. The molecule has 182 valence electrons. The number of ether oxygens (including phenoxy) is 2. The van der Waals surface area contributed by atoms with Crippen LogP contribution in [0.4, 0.5) is 10.7 Å². The molecule has 0 aliphatic carbocycles. The molecule has 2 aromatic carbocycles. The summed E-state index contributed by atoms with van der Waals surface area (Å²) in [4.78, 5) is 36.9. The number of para-hydroxylation sites is 1. The number of nitrogens with one attached hydrogen (secondary N) is 1. The van der Waals surface area contributed by atoms with Gasteiger partial charge in [0.05, 0.1) is 18.1 Å². The Bertz CT molecular complexity index is 1250. The Balaban J connectivity index is 1.91. The van der Waals surface area contributed by atoms with Gasteiger partial charge in [-0.3, -0.25) is 14.9 Å². The first-order chi connectivity index (χ1) is 16.8. The summed E-state index contributed by atoms with van der Waals surface area (Å²) >= 11 is 1.24. The molecule has 0 aliphatic rings. The van der Waals surface area contributed by atoms with Crippen molar-refractivity contribution in [3.05, 3.63) is 80.7 Å². The number of nitro groups is 1. The van der Waals surface area contributed by atoms with Gasteiger partial charge in [-0.15, -0.1) is 11.3 Å². The number of aryl methyl sites for hydroxylation is 1. The molecule has 3 rings (SSSR count). The highest BCUT2D eigenvalue weighted by Crippen LogP contribution is 2.41. The van der Waals surface area contributed by atoms with E-state index < -0.39 is 16.8 Å². The van der Waals surface area contributed by atoms with Gasteiger partial charge in [-0.25, -0.2) is 4.79 Å². The Labute approximate surface area is 207 Å². The van der Waals surface area contributed by atoms with Crippen molar-refractivity contribution in [2.45, 2.75) is 27.2 Å². The molecule has 35 heavy (non-hydrogen) atoms. The van der Waals surface area contributed by atoms with Crippen LogP contribution in [0.2, 0.25) is 0 Å². The summed E-state index contributed by atoms with van der Waals surface area (Å²) < 4.78 is 11.0. The van der Waals surface area contributed by atoms with E-state index in [1.807, 2.05) is 38.1 Å². The van der Waals surface area contributed by atoms with Crippen molar-refractivity contribution in [3.63, 3.8) is 0 Å². The molecule has 3 aromatic rings. The Kier molecular flexibility index (Phi) is 8.74. The van der Waals surface area contributed by atoms with E-state index in [0.29, 0.717) is 28.5 Å². The van der Waals surface area contributed by atoms with Crippen molar-refractivity contribution < 1.29 is 24.0 Å². The largest absolute Gasteiger partial charge is 0.493 e. The number of nitrogens with zero attached hydrogens (tertiary/aromatic N) is 1. The number of benzene rings is 2. The van der Waals surface area contributed by atoms with Crippen LogP contribution in [0.1, 0.15) is 41.1 Å². The fourth-order valence-corrected chi connectivity index (χ4v) is 4.48. The topological polar surface area (TPSA) is 108 Å². The molecule has 0 saturated heterocycles. The maximum atomic E-state index is 12.8. The molecular weight excluding hydrogens is 468 g/mol. The minimum absolute atomic E-state index is 0.0545. The summed E-state index contributed by atoms with van der Waals surface area (Å²) in [6, 6.07) is 13.3. The van der Waals surface area contributed by atoms with E-state index in [1.54, 1.807) is 25.1 Å². The van der Waals surface area contributed by atoms with E-state index in [-0.39, 0.29) is 17.9 Å². The zero-order valence-corrected chi connectivity index (χ0v) is 20.5. The number of carbonyl (C=O) groups excluding carboxylic acids is 2. The van der Waals surface area contributed by atoms with Crippen LogP contribution in [0.5, 0.6) is 5.75 Å². The number of hydrogen-bond donors (Lipinski definition) is 1. The highest BCUT2D eigenvalue weighted by atomic mass is 32.1. The Hall–Kier alpha value is -3.98. The number of thiophene rings is 1. The molecule has 0 unspecified atom stereocenters. The first-order valence-corrected chi connectivity index (χ1v) is 11.9. The van der Waals surface area contributed by atoms with Gasteiger partial charge in [0.15, 0.2) is 0 Å². The number of amides is 1. The SMILES string of the molecule is CCCOc1ccccc1C=CC(=O)Nc1sc(C)c(-c2ccc([N+](=O)[O-])cc2)c1C(=O)OCC. The Morgan fingerprint density at radius 3 is 2.49 bits per heavy atom. The molecule has 0 radical (unpaired) electrons. The molecule has 0 spiro atoms. The molecule has 0 aliphatic heterocycles. The summed E-state index contributed by atoms with van der Waals surface area (Å²) in [7, 11) is 0. The second kappa shape index (κ2) is 11.9. The van der Waals surface area contributed by atoms with Crippen molar-refractivity contribution in [3.8, 4) is 16.9 Å². The quantitative estimate of drug-likeness (QED) is 0.154. The lowest BCUT2D eigenvalue weighted by Crippen LogP contribution is -2.12. The van der Waals surface area contributed by atoms with Crippen LogP contribution in [0, 0.1) is 17.0 Å². The van der Waals surface area contributed by atoms with Crippen LogP contribution >= 0.6 is 11.3 Å². The number of carbonyl (C=O) groups is 2. The fourth-order valence-electron chi connectivity index (χ4n) is 3.41. The monoisotopic (exact) mass is 494 g/mol. The number of non-ortho nitro benzene ring substituents is 1. The van der Waals surface area contributed by atoms with Gasteiger partial charge < -0.3 is 14.8 Å². The average molecular weight is 495 g/mol. The summed E-state index contributed by atoms with van der Waals surface area (Å²) in [5.74, 6) is -0.321. The van der Waals surface area contributed by atoms with Gasteiger partial charge in [-0.05, 0) is 50.1 Å². The highest BCUT2D eigenvalue weighted by Gasteiger charge is 2.25. The zero-order chi connectivity index (χ0) is 25.4. The first-order valence-electron chi connectivity index (χ1n) is 11.1. The minimum atomic E-state index is -0.581. The number of hydrogen-bond acceptors (Lipinski definition) is 7. The third kappa shape index (κ3) is 6.33. The van der Waals surface area contributed by atoms with Crippen LogP contribution in [0.15, 0.2) is 54.6 Å². The number of anilines is 1. The van der Waals surface area contributed by atoms with Gasteiger partial charge in [-0.1, -0.05) is 25.1 Å². The predicted molar refractivity (Wildman–Crippen MR) is 137 cm³/mol. The minimum Gasteiger partial charge on any atom is -0.493 e. The lowest BCUT2D eigenvalue weighted by Gasteiger charge is -2.09. The van der Waals surface area contributed by atoms with Gasteiger partial charge >= 0.3 is 5.97 Å². The normalized spacial score (nSPS) is 10.8. The fraction of sp³-hybridized carbons (Fsp3) is 0.231. The maximum absolute atomic E-state index is 12.8. The van der Waals surface area contributed by atoms with Crippen molar-refractivity contribution in [1.29, 1.82) is 0 Å². The van der Waals surface area contributed by atoms with Crippen LogP contribution in [-0.2, 0) is 9.53 Å². The molecular formula is C26H26N2O6S. The van der Waals surface area contributed by atoms with E-state index in [2.05, 4.69) is 5.32 Å². The molecule has 0 bridgehead atoms. The molecule has 0 saturated carbocycles. The summed E-state index contributed by atoms with van der Waals surface area (Å²) in [5.41, 5.74) is 2.11. The Morgan fingerprint density at radius 2 is 1.83 bits per heavy atom. The molecule has 1 heterocycles. The maximum Gasteiger partial charge on any atom is 0.341 e. The van der Waals surface area contributed by atoms with Gasteiger partial charge in [0.1, 0.15) is 16.3 Å². The van der Waals surface area contributed by atoms with Crippen LogP contribution < -0.4 is 10.1 Å². The molecule has 0 fully saturated rings. The van der Waals surface area contributed by atoms with Gasteiger partial charge in [-0.2, -0.15) is 0 Å². The number of nitro benzene ring substituents is 1. The molecule has 1 amide bonds. The average Bonchev–Trinajstić information content (AvgIpc) is 3.17. The molecule has 1 N–H and O–H groups in total. The van der Waals surface area contributed by atoms with E-state index in [9.17, 15) is 19.7 Å². The van der Waals surface area contributed by atoms with Crippen LogP contribution in [-0.4, -0.2) is 30.0 Å². The second-order valence-corrected chi connectivity index (χ2v) is 8.70. The van der Waals surface area contributed by atoms with Crippen molar-refractivity contribution in [1.82, 2.24) is 0 Å². The third-order valence-electron chi connectivity index (χ3n) is 4.96. The van der Waals surface area contributed by atoms with Gasteiger partial charge in [0.25, 0.3) is 5.69 Å². The standard InChI is InChI=1S/C26H26N2O6S/c1-4-16-34-21-9-7-6-8-18(21)12-15-22(29)27-25-24(26(30)33-5-2)23(17(3)35-25)19-10-13-20(14-11-19)28(31)32/h6-15H,4-5,16H2,1-3H3,(H,27,29). The first kappa shape index (κ1) is 25.6. The predicted octanol–water partition coefficient (Wildman–Crippen LogP) is 6.25. The molecule has 8 nitrogen and oxygen atoms in total. The van der Waals surface area contributed by atoms with Crippen LogP contribution in [0.3, 0.4) is 0 Å². The molecule has 0 atom stereocenters. The summed E-state index contributed by atoms with van der Waals surface area (Å²) in [6.07, 6.45) is 3.90. The highest BCUT2D eigenvalue weighted by molar-refractivity contribution is 7.17.